The molecule has 0 amide bonds. The van der Waals surface area contributed by atoms with Crippen LogP contribution in [0, 0.1) is 0 Å². The third-order valence-corrected chi connectivity index (χ3v) is 28.7. The van der Waals surface area contributed by atoms with E-state index in [1.165, 1.54) is 178 Å². The van der Waals surface area contributed by atoms with Gasteiger partial charge in [0.1, 0.15) is 0 Å². The molecule has 0 N–H and O–H groups in total. The van der Waals surface area contributed by atoms with E-state index < -0.39 is 0 Å². The molecule has 9 nitrogen and oxygen atoms in total. The summed E-state index contributed by atoms with van der Waals surface area (Å²) in [4.78, 5) is 17.1. The van der Waals surface area contributed by atoms with Gasteiger partial charge in [0.25, 0.3) is 20.1 Å². The summed E-state index contributed by atoms with van der Waals surface area (Å²) in [5.41, 5.74) is 44.1. The average Bonchev–Trinajstić information content (AvgIpc) is 1.58. The maximum atomic E-state index is 2.49. The first-order valence-corrected chi connectivity index (χ1v) is 47.7. The van der Waals surface area contributed by atoms with Gasteiger partial charge in [-0.25, -0.2) is 0 Å². The van der Waals surface area contributed by atoms with Gasteiger partial charge in [0, 0.05) is 152 Å². The highest BCUT2D eigenvalue weighted by Crippen LogP contribution is 2.52. The lowest BCUT2D eigenvalue weighted by Gasteiger charge is -2.44. The topological polar surface area (TPSA) is 32.5 Å². The normalized spacial score (nSPS) is 12.9. The van der Waals surface area contributed by atoms with Crippen molar-refractivity contribution in [2.45, 2.75) is 0 Å². The van der Waals surface area contributed by atoms with Crippen molar-refractivity contribution in [3.63, 3.8) is 0 Å². The SMILES string of the molecule is c1ccc(N(c2ccccc2)c2ccc3c(c2)N(c2ccccc2)c2cccc4c2B3c2ccccc2N4c2ccccc2)cc1.c1ccc(N2c3ccccc3B3c4cc5c6ccccc6n(-c6ccccc6)c5cc4N(c4ccccc4)c4cccc2c43)cc1.c1ccc(N2c3ccccc3B3c4ccccc4N(c4ccc5c6ccccc6n(-c6ccccc6)c5c4)c4cccc2c43)cc1. The van der Waals surface area contributed by atoms with Crippen LogP contribution in [-0.2, 0) is 0 Å². The number of nitrogens with zero attached hydrogens (tertiary/aromatic N) is 9. The van der Waals surface area contributed by atoms with Crippen molar-refractivity contribution in [1.29, 1.82) is 0 Å². The van der Waals surface area contributed by atoms with Crippen molar-refractivity contribution in [2.24, 2.45) is 0 Å². The van der Waals surface area contributed by atoms with E-state index in [9.17, 15) is 0 Å². The summed E-state index contributed by atoms with van der Waals surface area (Å²) in [6.45, 7) is 0.308. The molecule has 138 heavy (non-hydrogen) atoms. The quantitative estimate of drug-likeness (QED) is 0.119. The van der Waals surface area contributed by atoms with Crippen molar-refractivity contribution < 1.29 is 0 Å². The number of benzene rings is 21. The molecule has 12 heteroatoms. The molecule has 6 aliphatic heterocycles. The standard InChI is InChI=1S/2C42H28BN3.C42H30BN3/c1-4-15-29(16-5-1)44-36-23-12-10-21-32(36)33-27-35-41(28-40(33)44)46(31-19-8-3-9-20-31)39-26-14-25-38-42(39)43(35)34-22-11-13-24-37(34)45(38)30-17-6-2-7-18-30;1-3-14-29(15-4-1)44-36-21-10-7-18-32(36)33-27-26-31(28-41(33)44)46-38-23-12-9-20-35(38)43-34-19-8-11-22-37(34)45(30-16-5-2-6-17-30)39-24-13-25-40(46)42(39)43;1-5-16-31(17-6-1)44(32-18-7-2-8-19-32)35-28-29-37-41(30-35)46(34-22-11-4-12-23-34)40-27-15-26-39-42(40)43(37)36-24-13-14-25-38(36)45(39)33-20-9-3-10-21-33/h2*1-28H;1-30H. The van der Waals surface area contributed by atoms with Crippen LogP contribution < -0.4 is 83.5 Å². The lowest BCUT2D eigenvalue weighted by molar-refractivity contribution is 1.18. The van der Waals surface area contributed by atoms with Gasteiger partial charge in [-0.15, -0.1) is 0 Å². The largest absolute Gasteiger partial charge is 0.311 e. The van der Waals surface area contributed by atoms with Gasteiger partial charge in [-0.3, -0.25) is 0 Å². The fourth-order valence-electron chi connectivity index (χ4n) is 23.2. The highest BCUT2D eigenvalue weighted by Gasteiger charge is 2.48. The Morgan fingerprint density at radius 1 is 0.138 bits per heavy atom. The van der Waals surface area contributed by atoms with Crippen LogP contribution in [-0.4, -0.2) is 29.3 Å². The third-order valence-electron chi connectivity index (χ3n) is 28.7. The summed E-state index contributed by atoms with van der Waals surface area (Å²) in [7, 11) is 0. The van der Waals surface area contributed by atoms with Crippen molar-refractivity contribution in [3.8, 4) is 11.4 Å². The number of hydrogen-bond donors (Lipinski definition) is 0. The number of rotatable bonds is 11. The second kappa shape index (κ2) is 33.0. The Morgan fingerprint density at radius 2 is 0.399 bits per heavy atom. The Kier molecular flexibility index (Phi) is 19.1. The first-order chi connectivity index (χ1) is 68.6. The summed E-state index contributed by atoms with van der Waals surface area (Å²) in [6.07, 6.45) is 0. The van der Waals surface area contributed by atoms with Gasteiger partial charge in [-0.05, 0) is 261 Å². The first-order valence-electron chi connectivity index (χ1n) is 47.7. The van der Waals surface area contributed by atoms with Crippen LogP contribution in [0.1, 0.15) is 0 Å². The second-order valence-electron chi connectivity index (χ2n) is 36.1. The number of fused-ring (bicyclic) bond motifs is 18. The van der Waals surface area contributed by atoms with E-state index in [1.807, 2.05) is 0 Å². The summed E-state index contributed by atoms with van der Waals surface area (Å²) in [6, 6.07) is 189. The molecule has 0 atom stereocenters. The Labute approximate surface area is 803 Å². The zero-order valence-electron chi connectivity index (χ0n) is 75.4. The van der Waals surface area contributed by atoms with Gasteiger partial charge in [0.2, 0.25) is 0 Å². The summed E-state index contributed by atoms with van der Waals surface area (Å²) in [5.74, 6) is 0. The van der Waals surface area contributed by atoms with Crippen LogP contribution in [0.25, 0.3) is 55.0 Å². The zero-order valence-corrected chi connectivity index (χ0v) is 75.4. The van der Waals surface area contributed by atoms with Gasteiger partial charge in [0.15, 0.2) is 0 Å². The summed E-state index contributed by atoms with van der Waals surface area (Å²) < 4.78 is 4.83. The molecule has 21 aromatic carbocycles. The van der Waals surface area contributed by atoms with E-state index in [4.69, 9.17) is 0 Å². The van der Waals surface area contributed by atoms with Crippen molar-refractivity contribution >= 4 is 232 Å². The van der Waals surface area contributed by atoms with Crippen LogP contribution in [0.15, 0.2) is 522 Å². The molecule has 29 rings (SSSR count). The maximum absolute atomic E-state index is 2.49. The Balaban J connectivity index is 0.000000104. The van der Waals surface area contributed by atoms with Gasteiger partial charge in [0.05, 0.1) is 22.1 Å². The monoisotopic (exact) mass is 1760 g/mol. The molecule has 0 bridgehead atoms. The number of anilines is 21. The molecule has 0 saturated carbocycles. The van der Waals surface area contributed by atoms with Crippen LogP contribution in [0.4, 0.5) is 119 Å². The molecule has 0 aliphatic carbocycles. The molecule has 644 valence electrons. The van der Waals surface area contributed by atoms with Gasteiger partial charge in [-0.2, -0.15) is 0 Å². The molecule has 8 heterocycles. The molecule has 0 saturated heterocycles. The first kappa shape index (κ1) is 79.7. The lowest BCUT2D eigenvalue weighted by Crippen LogP contribution is -2.61. The van der Waals surface area contributed by atoms with Crippen LogP contribution in [0.2, 0.25) is 0 Å². The molecule has 6 aliphatic rings. The Hall–Kier alpha value is -18.0. The van der Waals surface area contributed by atoms with Crippen molar-refractivity contribution in [1.82, 2.24) is 9.13 Å². The van der Waals surface area contributed by atoms with Crippen LogP contribution in [0.5, 0.6) is 0 Å². The number of hydrogen-bond acceptors (Lipinski definition) is 7. The minimum atomic E-state index is 0.0839. The molecular weight excluding hydrogens is 1670 g/mol. The van der Waals surface area contributed by atoms with Crippen molar-refractivity contribution in [2.75, 3.05) is 34.3 Å². The number of aromatic nitrogens is 2. The molecule has 23 aromatic rings. The molecule has 0 spiro atoms. The highest BCUT2D eigenvalue weighted by atomic mass is 15.2. The van der Waals surface area contributed by atoms with E-state index in [1.54, 1.807) is 0 Å². The van der Waals surface area contributed by atoms with E-state index >= 15 is 0 Å². The molecule has 0 fully saturated rings. The Morgan fingerprint density at radius 3 is 0.768 bits per heavy atom. The summed E-state index contributed by atoms with van der Waals surface area (Å²) >= 11 is 0. The fraction of sp³-hybridized carbons (Fsp3) is 0. The maximum Gasteiger partial charge on any atom is 0.252 e. The highest BCUT2D eigenvalue weighted by molar-refractivity contribution is 7.02. The average molecular weight is 1760 g/mol. The van der Waals surface area contributed by atoms with Gasteiger partial charge >= 0.3 is 0 Å². The molecule has 0 radical (unpaired) electrons. The predicted octanol–water partition coefficient (Wildman–Crippen LogP) is 27.0. The zero-order chi connectivity index (χ0) is 90.8. The van der Waals surface area contributed by atoms with E-state index in [0.29, 0.717) is 0 Å². The minimum absolute atomic E-state index is 0.0839. The van der Waals surface area contributed by atoms with Gasteiger partial charge < -0.3 is 43.4 Å². The third kappa shape index (κ3) is 12.7. The van der Waals surface area contributed by atoms with Crippen LogP contribution >= 0.6 is 0 Å². The smallest absolute Gasteiger partial charge is 0.252 e. The molecule has 2 aromatic heterocycles. The summed E-state index contributed by atoms with van der Waals surface area (Å²) in [5, 5.41) is 5.06. The van der Waals surface area contributed by atoms with Gasteiger partial charge in [-0.1, -0.05) is 309 Å². The number of para-hydroxylation sites is 15. The predicted molar refractivity (Wildman–Crippen MR) is 585 cm³/mol. The van der Waals surface area contributed by atoms with Crippen molar-refractivity contribution in [3.05, 3.63) is 522 Å². The lowest BCUT2D eigenvalue weighted by atomic mass is 9.33. The Bertz CT molecular complexity index is 8600. The molecular formula is C126H86B3N9. The molecule has 0 unspecified atom stereocenters. The fourth-order valence-corrected chi connectivity index (χ4v) is 23.2. The van der Waals surface area contributed by atoms with E-state index in [0.717, 1.165) is 45.5 Å². The second-order valence-corrected chi connectivity index (χ2v) is 36.1. The van der Waals surface area contributed by atoms with E-state index in [-0.39, 0.29) is 20.1 Å². The van der Waals surface area contributed by atoms with Crippen LogP contribution in [0.3, 0.4) is 0 Å². The minimum Gasteiger partial charge on any atom is -0.311 e. The van der Waals surface area contributed by atoms with E-state index in [2.05, 4.69) is 565 Å².